The van der Waals surface area contributed by atoms with Crippen LogP contribution in [0.5, 0.6) is 11.5 Å². The molecule has 36 heavy (non-hydrogen) atoms. The Labute approximate surface area is 212 Å². The second kappa shape index (κ2) is 11.6. The van der Waals surface area contributed by atoms with Gasteiger partial charge in [0.15, 0.2) is 0 Å². The first kappa shape index (κ1) is 25.7. The zero-order chi connectivity index (χ0) is 25.7. The molecule has 2 aliphatic rings. The Bertz CT molecular complexity index is 1110. The van der Waals surface area contributed by atoms with Crippen LogP contribution in [0, 0.1) is 0 Å². The van der Waals surface area contributed by atoms with Crippen molar-refractivity contribution in [3.05, 3.63) is 65.2 Å². The lowest BCUT2D eigenvalue weighted by Crippen LogP contribution is -2.39. The second-order valence-corrected chi connectivity index (χ2v) is 9.23. The summed E-state index contributed by atoms with van der Waals surface area (Å²) in [6.07, 6.45) is 0.706. The topological polar surface area (TPSA) is 88.5 Å². The van der Waals surface area contributed by atoms with Gasteiger partial charge in [0.1, 0.15) is 17.3 Å². The van der Waals surface area contributed by atoms with Gasteiger partial charge in [-0.1, -0.05) is 18.2 Å². The molecule has 0 aromatic heterocycles. The summed E-state index contributed by atoms with van der Waals surface area (Å²) in [4.78, 5) is 30.4. The molecule has 2 fully saturated rings. The highest BCUT2D eigenvalue weighted by molar-refractivity contribution is 6.46. The van der Waals surface area contributed by atoms with E-state index in [2.05, 4.69) is 4.90 Å². The van der Waals surface area contributed by atoms with Crippen LogP contribution in [0.1, 0.15) is 37.4 Å². The number of nitrogens with zero attached hydrogens (tertiary/aromatic N) is 2. The number of aliphatic hydroxyl groups is 1. The van der Waals surface area contributed by atoms with Gasteiger partial charge in [-0.15, -0.1) is 0 Å². The van der Waals surface area contributed by atoms with Gasteiger partial charge in [-0.3, -0.25) is 14.5 Å². The summed E-state index contributed by atoms with van der Waals surface area (Å²) in [6.45, 7) is 8.14. The number of carbonyl (C=O) groups is 2. The number of likely N-dealkylation sites (tertiary alicyclic amines) is 1. The summed E-state index contributed by atoms with van der Waals surface area (Å²) in [5.41, 5.74) is 1.16. The third kappa shape index (κ3) is 5.55. The fraction of sp³-hybridized carbons (Fsp3) is 0.429. The molecule has 2 heterocycles. The van der Waals surface area contributed by atoms with E-state index < -0.39 is 17.7 Å². The van der Waals surface area contributed by atoms with Crippen molar-refractivity contribution in [3.8, 4) is 11.5 Å². The van der Waals surface area contributed by atoms with Crippen molar-refractivity contribution in [1.82, 2.24) is 9.80 Å². The molecule has 2 aliphatic heterocycles. The summed E-state index contributed by atoms with van der Waals surface area (Å²) in [6, 6.07) is 13.4. The van der Waals surface area contributed by atoms with Crippen LogP contribution < -0.4 is 9.47 Å². The van der Waals surface area contributed by atoms with Crippen molar-refractivity contribution >= 4 is 17.4 Å². The minimum Gasteiger partial charge on any atom is -0.507 e. The molecule has 4 rings (SSSR count). The van der Waals surface area contributed by atoms with Gasteiger partial charge in [0.2, 0.25) is 0 Å². The van der Waals surface area contributed by atoms with Gasteiger partial charge in [-0.2, -0.15) is 0 Å². The SMILES string of the molecule is COc1ccccc1C1/C(=C(/O)c2ccc(OC(C)C)cc2)C(=O)C(=O)N1CCCN1CCOCC1. The van der Waals surface area contributed by atoms with E-state index in [1.165, 1.54) is 0 Å². The van der Waals surface area contributed by atoms with Crippen LogP contribution in [0.2, 0.25) is 0 Å². The molecule has 1 unspecified atom stereocenters. The summed E-state index contributed by atoms with van der Waals surface area (Å²) in [5, 5.41) is 11.3. The third-order valence-electron chi connectivity index (χ3n) is 6.45. The van der Waals surface area contributed by atoms with Gasteiger partial charge in [0, 0.05) is 37.3 Å². The Hall–Kier alpha value is -3.36. The van der Waals surface area contributed by atoms with Crippen LogP contribution in [0.3, 0.4) is 0 Å². The first-order chi connectivity index (χ1) is 17.4. The molecule has 2 aromatic rings. The lowest BCUT2D eigenvalue weighted by molar-refractivity contribution is -0.140. The first-order valence-corrected chi connectivity index (χ1v) is 12.4. The number of ketones is 1. The molecule has 2 saturated heterocycles. The maximum Gasteiger partial charge on any atom is 0.295 e. The number of hydrogen-bond donors (Lipinski definition) is 1. The molecule has 8 nitrogen and oxygen atoms in total. The van der Waals surface area contributed by atoms with Gasteiger partial charge in [-0.25, -0.2) is 0 Å². The molecule has 1 atom stereocenters. The quantitative estimate of drug-likeness (QED) is 0.324. The summed E-state index contributed by atoms with van der Waals surface area (Å²) in [5.74, 6) is -0.317. The number of Topliss-reactive ketones (excluding diaryl/α,β-unsaturated/α-hetero) is 1. The van der Waals surface area contributed by atoms with Crippen LogP contribution in [0.4, 0.5) is 0 Å². The third-order valence-corrected chi connectivity index (χ3v) is 6.45. The summed E-state index contributed by atoms with van der Waals surface area (Å²) in [7, 11) is 1.55. The highest BCUT2D eigenvalue weighted by Gasteiger charge is 2.46. The molecule has 1 N–H and O–H groups in total. The Balaban J connectivity index is 1.68. The standard InChI is InChI=1S/C28H34N2O6/c1-19(2)36-21-11-9-20(10-12-21)26(31)24-25(22-7-4-5-8-23(22)34-3)30(28(33)27(24)32)14-6-13-29-15-17-35-18-16-29/h4-5,7-12,19,25,31H,6,13-18H2,1-3H3/b26-24-. The molecule has 0 aliphatic carbocycles. The van der Waals surface area contributed by atoms with E-state index in [1.807, 2.05) is 32.0 Å². The van der Waals surface area contributed by atoms with Crippen LogP contribution in [0.25, 0.3) is 5.76 Å². The normalized spacial score (nSPS) is 20.2. The number of carbonyl (C=O) groups excluding carboxylic acids is 2. The Kier molecular flexibility index (Phi) is 8.28. The number of rotatable bonds is 9. The monoisotopic (exact) mass is 494 g/mol. The van der Waals surface area contributed by atoms with Crippen molar-refractivity contribution < 1.29 is 28.9 Å². The maximum absolute atomic E-state index is 13.3. The van der Waals surface area contributed by atoms with Gasteiger partial charge in [-0.05, 0) is 50.6 Å². The van der Waals surface area contributed by atoms with Crippen LogP contribution in [-0.2, 0) is 14.3 Å². The molecular weight excluding hydrogens is 460 g/mol. The molecule has 0 bridgehead atoms. The zero-order valence-corrected chi connectivity index (χ0v) is 21.1. The molecule has 0 spiro atoms. The maximum atomic E-state index is 13.3. The number of para-hydroxylation sites is 1. The van der Waals surface area contributed by atoms with Gasteiger partial charge >= 0.3 is 0 Å². The van der Waals surface area contributed by atoms with E-state index in [4.69, 9.17) is 14.2 Å². The van der Waals surface area contributed by atoms with E-state index in [0.29, 0.717) is 48.8 Å². The Morgan fingerprint density at radius 2 is 1.75 bits per heavy atom. The molecule has 2 aromatic carbocycles. The van der Waals surface area contributed by atoms with E-state index in [9.17, 15) is 14.7 Å². The van der Waals surface area contributed by atoms with Crippen molar-refractivity contribution in [2.75, 3.05) is 46.5 Å². The highest BCUT2D eigenvalue weighted by atomic mass is 16.5. The van der Waals surface area contributed by atoms with E-state index in [0.717, 1.165) is 19.6 Å². The van der Waals surface area contributed by atoms with Gasteiger partial charge < -0.3 is 24.2 Å². The molecule has 192 valence electrons. The van der Waals surface area contributed by atoms with Crippen LogP contribution in [-0.4, -0.2) is 79.2 Å². The summed E-state index contributed by atoms with van der Waals surface area (Å²) < 4.78 is 16.7. The number of benzene rings is 2. The fourth-order valence-electron chi connectivity index (χ4n) is 4.73. The lowest BCUT2D eigenvalue weighted by atomic mass is 9.94. The zero-order valence-electron chi connectivity index (χ0n) is 21.1. The predicted octanol–water partition coefficient (Wildman–Crippen LogP) is 3.63. The number of amides is 1. The first-order valence-electron chi connectivity index (χ1n) is 12.4. The van der Waals surface area contributed by atoms with E-state index in [-0.39, 0.29) is 17.4 Å². The smallest absolute Gasteiger partial charge is 0.295 e. The van der Waals surface area contributed by atoms with Crippen LogP contribution >= 0.6 is 0 Å². The van der Waals surface area contributed by atoms with Crippen molar-refractivity contribution in [2.45, 2.75) is 32.4 Å². The molecule has 8 heteroatoms. The second-order valence-electron chi connectivity index (χ2n) is 9.23. The Morgan fingerprint density at radius 3 is 2.42 bits per heavy atom. The Morgan fingerprint density at radius 1 is 1.06 bits per heavy atom. The number of morpholine rings is 1. The summed E-state index contributed by atoms with van der Waals surface area (Å²) >= 11 is 0. The highest BCUT2D eigenvalue weighted by Crippen LogP contribution is 2.42. The lowest BCUT2D eigenvalue weighted by Gasteiger charge is -2.29. The minimum absolute atomic E-state index is 0.0118. The number of aliphatic hydroxyl groups excluding tert-OH is 1. The van der Waals surface area contributed by atoms with Crippen molar-refractivity contribution in [3.63, 3.8) is 0 Å². The van der Waals surface area contributed by atoms with Crippen molar-refractivity contribution in [1.29, 1.82) is 0 Å². The fourth-order valence-corrected chi connectivity index (χ4v) is 4.73. The molecule has 0 saturated carbocycles. The van der Waals surface area contributed by atoms with Gasteiger partial charge in [0.05, 0.1) is 38.0 Å². The predicted molar refractivity (Wildman–Crippen MR) is 136 cm³/mol. The van der Waals surface area contributed by atoms with Crippen molar-refractivity contribution in [2.24, 2.45) is 0 Å². The largest absolute Gasteiger partial charge is 0.507 e. The van der Waals surface area contributed by atoms with E-state index in [1.54, 1.807) is 42.3 Å². The van der Waals surface area contributed by atoms with Gasteiger partial charge in [0.25, 0.3) is 11.7 Å². The molecule has 1 amide bonds. The average Bonchev–Trinajstić information content (AvgIpc) is 3.14. The number of hydrogen-bond acceptors (Lipinski definition) is 7. The van der Waals surface area contributed by atoms with E-state index >= 15 is 0 Å². The van der Waals surface area contributed by atoms with Crippen LogP contribution in [0.15, 0.2) is 54.1 Å². The number of methoxy groups -OCH3 is 1. The number of ether oxygens (including phenoxy) is 3. The minimum atomic E-state index is -0.752. The average molecular weight is 495 g/mol. The molecule has 0 radical (unpaired) electrons. The molecular formula is C28H34N2O6.